The number of hydrogen-bond acceptors (Lipinski definition) is 3. The average molecular weight is 494 g/mol. The highest BCUT2D eigenvalue weighted by Gasteiger charge is 2.39. The van der Waals surface area contributed by atoms with Crippen molar-refractivity contribution in [2.75, 3.05) is 7.05 Å². The zero-order valence-electron chi connectivity index (χ0n) is 18.9. The Hall–Kier alpha value is -2.71. The maximum Gasteiger partial charge on any atom is 0.573 e. The molecule has 5 rings (SSSR count). The van der Waals surface area contributed by atoms with Crippen LogP contribution in [0.25, 0.3) is 22.2 Å². The number of benzene rings is 2. The van der Waals surface area contributed by atoms with Crippen molar-refractivity contribution in [1.29, 1.82) is 0 Å². The van der Waals surface area contributed by atoms with E-state index in [1.807, 2.05) is 35.9 Å². The normalized spacial score (nSPS) is 22.4. The second kappa shape index (κ2) is 9.15. The van der Waals surface area contributed by atoms with Crippen LogP contribution in [0.5, 0.6) is 5.75 Å². The van der Waals surface area contributed by atoms with Crippen molar-refractivity contribution in [2.24, 2.45) is 7.05 Å². The highest BCUT2D eigenvalue weighted by molar-refractivity contribution is 6.12. The fourth-order valence-corrected chi connectivity index (χ4v) is 5.56. The van der Waals surface area contributed by atoms with Crippen LogP contribution in [0, 0.1) is 0 Å². The average Bonchev–Trinajstić information content (AvgIpc) is 3.15. The molecule has 2 bridgehead atoms. The Morgan fingerprint density at radius 1 is 1.00 bits per heavy atom. The van der Waals surface area contributed by atoms with Crippen LogP contribution in [0.1, 0.15) is 36.0 Å². The molecule has 9 heteroatoms. The maximum absolute atomic E-state index is 13.6. The number of halogens is 4. The number of nitrogens with zero attached hydrogens (tertiary/aromatic N) is 2. The minimum atomic E-state index is -4.75. The summed E-state index contributed by atoms with van der Waals surface area (Å²) >= 11 is 0. The van der Waals surface area contributed by atoms with E-state index in [9.17, 15) is 18.0 Å². The Bertz CT molecular complexity index is 1180. The Labute approximate surface area is 202 Å². The van der Waals surface area contributed by atoms with Crippen molar-refractivity contribution < 1.29 is 22.7 Å². The van der Waals surface area contributed by atoms with Crippen molar-refractivity contribution in [2.45, 2.75) is 50.2 Å². The number of aromatic nitrogens is 1. The molecule has 182 valence electrons. The van der Waals surface area contributed by atoms with Gasteiger partial charge in [-0.2, -0.15) is 0 Å². The summed E-state index contributed by atoms with van der Waals surface area (Å²) in [6.07, 6.45) is -0.552. The zero-order chi connectivity index (χ0) is 23.3. The minimum Gasteiger partial charge on any atom is -0.406 e. The number of carbonyl (C=O) groups is 1. The third kappa shape index (κ3) is 4.49. The van der Waals surface area contributed by atoms with E-state index in [0.29, 0.717) is 28.9 Å². The Kier molecular flexibility index (Phi) is 6.57. The second-order valence-electron chi connectivity index (χ2n) is 9.06. The van der Waals surface area contributed by atoms with Gasteiger partial charge in [0.05, 0.1) is 11.3 Å². The molecule has 2 fully saturated rings. The summed E-state index contributed by atoms with van der Waals surface area (Å²) in [4.78, 5) is 16.0. The minimum absolute atomic E-state index is 0. The van der Waals surface area contributed by atoms with Gasteiger partial charge >= 0.3 is 6.36 Å². The summed E-state index contributed by atoms with van der Waals surface area (Å²) < 4.78 is 43.6. The molecule has 5 nitrogen and oxygen atoms in total. The molecule has 34 heavy (non-hydrogen) atoms. The Morgan fingerprint density at radius 3 is 2.24 bits per heavy atom. The fourth-order valence-electron chi connectivity index (χ4n) is 5.56. The Balaban J connectivity index is 0.00000274. The first-order valence-electron chi connectivity index (χ1n) is 11.2. The van der Waals surface area contributed by atoms with Gasteiger partial charge in [0.15, 0.2) is 0 Å². The lowest BCUT2D eigenvalue weighted by molar-refractivity contribution is -0.274. The number of rotatable bonds is 4. The molecule has 0 radical (unpaired) electrons. The molecule has 2 unspecified atom stereocenters. The van der Waals surface area contributed by atoms with E-state index in [1.165, 1.54) is 25.0 Å². The fraction of sp³-hybridized carbons (Fsp3) is 0.400. The molecular formula is C25H27ClF3N3O2. The van der Waals surface area contributed by atoms with E-state index in [2.05, 4.69) is 22.0 Å². The molecule has 2 saturated heterocycles. The highest BCUT2D eigenvalue weighted by atomic mass is 35.5. The first kappa shape index (κ1) is 24.4. The van der Waals surface area contributed by atoms with Gasteiger partial charge in [-0.1, -0.05) is 18.2 Å². The van der Waals surface area contributed by atoms with E-state index in [0.717, 1.165) is 23.7 Å². The summed E-state index contributed by atoms with van der Waals surface area (Å²) in [6, 6.07) is 14.4. The number of ether oxygens (including phenoxy) is 1. The van der Waals surface area contributed by atoms with E-state index in [1.54, 1.807) is 12.1 Å². The maximum atomic E-state index is 13.6. The lowest BCUT2D eigenvalue weighted by atomic mass is 9.97. The van der Waals surface area contributed by atoms with E-state index < -0.39 is 6.36 Å². The standard InChI is InChI=1S/C25H26F3N3O2.ClH/c1-30-17-9-10-18(30)14-16(13-17)29-24(32)22-20-5-3-4-6-21(20)31(2)23(22)15-7-11-19(12-8-15)33-25(26,27)28;/h3-8,11-12,16-18H,9-10,13-14H2,1-2H3,(H,29,32);1H. The summed E-state index contributed by atoms with van der Waals surface area (Å²) in [5, 5.41) is 4.08. The van der Waals surface area contributed by atoms with Crippen LogP contribution in [0.4, 0.5) is 13.2 Å². The molecule has 1 N–H and O–H groups in total. The molecule has 3 aromatic rings. The topological polar surface area (TPSA) is 46.5 Å². The molecule has 0 saturated carbocycles. The third-order valence-electron chi connectivity index (χ3n) is 7.13. The van der Waals surface area contributed by atoms with Gasteiger partial charge in [0, 0.05) is 36.1 Å². The van der Waals surface area contributed by atoms with Crippen molar-refractivity contribution in [3.63, 3.8) is 0 Å². The summed E-state index contributed by atoms with van der Waals surface area (Å²) in [5.41, 5.74) is 2.75. The summed E-state index contributed by atoms with van der Waals surface area (Å²) in [5.74, 6) is -0.441. The first-order valence-corrected chi connectivity index (χ1v) is 11.2. The number of amides is 1. The van der Waals surface area contributed by atoms with Gasteiger partial charge in [0.2, 0.25) is 0 Å². The quantitative estimate of drug-likeness (QED) is 0.520. The monoisotopic (exact) mass is 493 g/mol. The molecule has 2 atom stereocenters. The molecule has 0 aliphatic carbocycles. The van der Waals surface area contributed by atoms with Crippen LogP contribution < -0.4 is 10.1 Å². The third-order valence-corrected chi connectivity index (χ3v) is 7.13. The van der Waals surface area contributed by atoms with Gasteiger partial charge in [0.1, 0.15) is 5.75 Å². The van der Waals surface area contributed by atoms with Crippen molar-refractivity contribution in [3.8, 4) is 17.0 Å². The van der Waals surface area contributed by atoms with Gasteiger partial charge in [0.25, 0.3) is 5.91 Å². The van der Waals surface area contributed by atoms with E-state index in [4.69, 9.17) is 0 Å². The molecule has 2 aromatic carbocycles. The van der Waals surface area contributed by atoms with Gasteiger partial charge in [-0.05, 0) is 68.6 Å². The second-order valence-corrected chi connectivity index (χ2v) is 9.06. The number of hydrogen-bond donors (Lipinski definition) is 1. The highest BCUT2D eigenvalue weighted by Crippen LogP contribution is 2.37. The van der Waals surface area contributed by atoms with Crippen LogP contribution in [-0.2, 0) is 7.05 Å². The van der Waals surface area contributed by atoms with Gasteiger partial charge < -0.3 is 19.5 Å². The predicted octanol–water partition coefficient (Wildman–Crippen LogP) is 5.52. The number of piperidine rings is 1. The summed E-state index contributed by atoms with van der Waals surface area (Å²) in [7, 11) is 4.03. The van der Waals surface area contributed by atoms with E-state index in [-0.39, 0.29) is 30.1 Å². The number of carbonyl (C=O) groups excluding carboxylic acids is 1. The summed E-state index contributed by atoms with van der Waals surface area (Å²) in [6.45, 7) is 0. The number of alkyl halides is 3. The molecule has 2 aliphatic rings. The largest absolute Gasteiger partial charge is 0.573 e. The first-order chi connectivity index (χ1) is 15.7. The molecular weight excluding hydrogens is 467 g/mol. The number of aryl methyl sites for hydroxylation is 1. The Morgan fingerprint density at radius 2 is 1.62 bits per heavy atom. The van der Waals surface area contributed by atoms with Crippen molar-refractivity contribution >= 4 is 29.2 Å². The number of para-hydroxylation sites is 1. The van der Waals surface area contributed by atoms with Gasteiger partial charge in [-0.25, -0.2) is 0 Å². The molecule has 0 spiro atoms. The lowest BCUT2D eigenvalue weighted by Crippen LogP contribution is -2.48. The van der Waals surface area contributed by atoms with E-state index >= 15 is 0 Å². The smallest absolute Gasteiger partial charge is 0.406 e. The van der Waals surface area contributed by atoms with Crippen molar-refractivity contribution in [1.82, 2.24) is 14.8 Å². The lowest BCUT2D eigenvalue weighted by Gasteiger charge is -2.36. The van der Waals surface area contributed by atoms with Crippen molar-refractivity contribution in [3.05, 3.63) is 54.1 Å². The van der Waals surface area contributed by atoms with Gasteiger partial charge in [-0.15, -0.1) is 25.6 Å². The number of fused-ring (bicyclic) bond motifs is 3. The van der Waals surface area contributed by atoms with Gasteiger partial charge in [-0.3, -0.25) is 4.79 Å². The molecule has 2 aliphatic heterocycles. The van der Waals surface area contributed by atoms with Crippen LogP contribution in [0.2, 0.25) is 0 Å². The number of nitrogens with one attached hydrogen (secondary N) is 1. The predicted molar refractivity (Wildman–Crippen MR) is 127 cm³/mol. The van der Waals surface area contributed by atoms with Crippen LogP contribution >= 0.6 is 12.4 Å². The zero-order valence-corrected chi connectivity index (χ0v) is 19.7. The molecule has 3 heterocycles. The van der Waals surface area contributed by atoms with Crippen LogP contribution in [0.15, 0.2) is 48.5 Å². The molecule has 1 aromatic heterocycles. The van der Waals surface area contributed by atoms with Crippen LogP contribution in [-0.4, -0.2) is 46.9 Å². The van der Waals surface area contributed by atoms with Crippen LogP contribution in [0.3, 0.4) is 0 Å². The molecule has 1 amide bonds. The SMILES string of the molecule is CN1C2CCC1CC(NC(=O)c1c(-c3ccc(OC(F)(F)F)cc3)n(C)c3ccccc13)C2.Cl.